The maximum absolute atomic E-state index is 6.11. The zero-order valence-electron chi connectivity index (χ0n) is 8.58. The number of halogens is 2. The summed E-state index contributed by atoms with van der Waals surface area (Å²) in [6.07, 6.45) is 3.01. The second kappa shape index (κ2) is 4.02. The fraction of sp³-hybridized carbons (Fsp3) is 0.364. The minimum absolute atomic E-state index is 0.592. The Morgan fingerprint density at radius 2 is 2.31 bits per heavy atom. The highest BCUT2D eigenvalue weighted by atomic mass is 79.9. The van der Waals surface area contributed by atoms with E-state index in [1.165, 1.54) is 0 Å². The molecule has 2 aromatic rings. The smallest absolute Gasteiger partial charge is 0.155 e. The van der Waals surface area contributed by atoms with Gasteiger partial charge in [-0.1, -0.05) is 11.6 Å². The molecule has 0 aliphatic carbocycles. The molecule has 0 bridgehead atoms. The molecule has 1 N–H and O–H groups in total. The van der Waals surface area contributed by atoms with Crippen LogP contribution in [0.3, 0.4) is 0 Å². The van der Waals surface area contributed by atoms with Crippen molar-refractivity contribution in [3.05, 3.63) is 33.8 Å². The van der Waals surface area contributed by atoms with Crippen LogP contribution in [-0.4, -0.2) is 22.5 Å². The monoisotopic (exact) mass is 299 g/mol. The summed E-state index contributed by atoms with van der Waals surface area (Å²) >= 11 is 9.58. The van der Waals surface area contributed by atoms with Gasteiger partial charge in [-0.2, -0.15) is 0 Å². The first kappa shape index (κ1) is 10.6. The Morgan fingerprint density at radius 3 is 3.00 bits per heavy atom. The van der Waals surface area contributed by atoms with Crippen LogP contribution in [0.15, 0.2) is 22.8 Å². The summed E-state index contributed by atoms with van der Waals surface area (Å²) in [5.41, 5.74) is 0.979. The van der Waals surface area contributed by atoms with Crippen molar-refractivity contribution in [3.8, 4) is 0 Å². The van der Waals surface area contributed by atoms with Gasteiger partial charge in [-0.05, 0) is 47.1 Å². The average molecular weight is 301 g/mol. The summed E-state index contributed by atoms with van der Waals surface area (Å²) in [7, 11) is 0. The zero-order valence-corrected chi connectivity index (χ0v) is 10.9. The molecule has 0 unspecified atom stereocenters. The number of nitrogens with one attached hydrogen (secondary N) is 1. The Morgan fingerprint density at radius 1 is 1.50 bits per heavy atom. The van der Waals surface area contributed by atoms with Gasteiger partial charge in [0.1, 0.15) is 5.82 Å². The molecule has 3 nitrogen and oxygen atoms in total. The van der Waals surface area contributed by atoms with Crippen molar-refractivity contribution in [1.29, 1.82) is 0 Å². The van der Waals surface area contributed by atoms with Gasteiger partial charge in [-0.25, -0.2) is 4.98 Å². The van der Waals surface area contributed by atoms with Gasteiger partial charge in [0.05, 0.1) is 5.52 Å². The molecule has 16 heavy (non-hydrogen) atoms. The number of aromatic nitrogens is 2. The van der Waals surface area contributed by atoms with E-state index in [4.69, 9.17) is 11.6 Å². The highest BCUT2D eigenvalue weighted by Crippen LogP contribution is 2.23. The number of imidazole rings is 1. The number of pyridine rings is 1. The van der Waals surface area contributed by atoms with E-state index in [1.807, 2.05) is 18.3 Å². The van der Waals surface area contributed by atoms with Crippen LogP contribution in [0.1, 0.15) is 5.82 Å². The molecule has 0 amide bonds. The Bertz CT molecular complexity index is 533. The van der Waals surface area contributed by atoms with Crippen LogP contribution in [-0.2, 0) is 6.42 Å². The third-order valence-electron chi connectivity index (χ3n) is 2.97. The van der Waals surface area contributed by atoms with Crippen molar-refractivity contribution in [2.45, 2.75) is 6.42 Å². The molecular weight excluding hydrogens is 289 g/mol. The summed E-state index contributed by atoms with van der Waals surface area (Å²) in [5, 5.41) is 3.86. The van der Waals surface area contributed by atoms with Crippen LogP contribution in [0.5, 0.6) is 0 Å². The lowest BCUT2D eigenvalue weighted by Gasteiger charge is -2.26. The van der Waals surface area contributed by atoms with Crippen molar-refractivity contribution >= 4 is 33.0 Å². The van der Waals surface area contributed by atoms with Crippen LogP contribution < -0.4 is 5.32 Å². The molecule has 0 atom stereocenters. The molecule has 1 aliphatic rings. The topological polar surface area (TPSA) is 29.3 Å². The highest BCUT2D eigenvalue weighted by Gasteiger charge is 2.20. The lowest BCUT2D eigenvalue weighted by atomic mass is 9.99. The first-order valence-electron chi connectivity index (χ1n) is 5.27. The van der Waals surface area contributed by atoms with Gasteiger partial charge in [0, 0.05) is 17.1 Å². The molecule has 1 aliphatic heterocycles. The van der Waals surface area contributed by atoms with Gasteiger partial charge in [0.25, 0.3) is 0 Å². The summed E-state index contributed by atoms with van der Waals surface area (Å²) in [6, 6.07) is 3.97. The molecule has 0 spiro atoms. The highest BCUT2D eigenvalue weighted by molar-refractivity contribution is 9.10. The fourth-order valence-electron chi connectivity index (χ4n) is 1.98. The van der Waals surface area contributed by atoms with Gasteiger partial charge >= 0.3 is 0 Å². The van der Waals surface area contributed by atoms with Crippen LogP contribution >= 0.6 is 27.5 Å². The van der Waals surface area contributed by atoms with Crippen LogP contribution in [0.4, 0.5) is 0 Å². The van der Waals surface area contributed by atoms with E-state index in [2.05, 4.69) is 30.6 Å². The lowest BCUT2D eigenvalue weighted by molar-refractivity contribution is 0.340. The van der Waals surface area contributed by atoms with Crippen LogP contribution in [0.25, 0.3) is 5.52 Å². The van der Waals surface area contributed by atoms with Crippen molar-refractivity contribution in [1.82, 2.24) is 14.7 Å². The van der Waals surface area contributed by atoms with Gasteiger partial charge < -0.3 is 9.72 Å². The minimum atomic E-state index is 0.592. The molecule has 3 heterocycles. The predicted octanol–water partition coefficient (Wildman–Crippen LogP) is 2.51. The summed E-state index contributed by atoms with van der Waals surface area (Å²) in [5.74, 6) is 1.74. The molecule has 3 rings (SSSR count). The van der Waals surface area contributed by atoms with Crippen molar-refractivity contribution in [2.75, 3.05) is 13.1 Å². The molecule has 1 fully saturated rings. The van der Waals surface area contributed by atoms with E-state index in [1.54, 1.807) is 0 Å². The van der Waals surface area contributed by atoms with Crippen LogP contribution in [0.2, 0.25) is 5.15 Å². The summed E-state index contributed by atoms with van der Waals surface area (Å²) in [6.45, 7) is 2.17. The maximum atomic E-state index is 6.11. The molecular formula is C11H11BrClN3. The molecule has 0 saturated carbocycles. The number of fused-ring (bicyclic) bond motifs is 1. The van der Waals surface area contributed by atoms with Gasteiger partial charge in [0.15, 0.2) is 5.15 Å². The van der Waals surface area contributed by atoms with Crippen molar-refractivity contribution < 1.29 is 0 Å². The quantitative estimate of drug-likeness (QED) is 0.923. The fourth-order valence-corrected chi connectivity index (χ4v) is 2.56. The van der Waals surface area contributed by atoms with E-state index in [9.17, 15) is 0 Å². The Balaban J connectivity index is 2.05. The number of hydrogen-bond donors (Lipinski definition) is 1. The molecule has 84 valence electrons. The molecule has 1 saturated heterocycles. The van der Waals surface area contributed by atoms with Crippen molar-refractivity contribution in [3.63, 3.8) is 0 Å². The SMILES string of the molecule is Clc1nc(CC2CNC2)n2cc(Br)ccc12. The van der Waals surface area contributed by atoms with E-state index in [0.717, 1.165) is 35.3 Å². The zero-order chi connectivity index (χ0) is 11.1. The van der Waals surface area contributed by atoms with Crippen LogP contribution in [0, 0.1) is 5.92 Å². The number of nitrogens with zero attached hydrogens (tertiary/aromatic N) is 2. The number of rotatable bonds is 2. The Hall–Kier alpha value is -0.580. The predicted molar refractivity (Wildman–Crippen MR) is 68.0 cm³/mol. The third-order valence-corrected chi connectivity index (χ3v) is 3.71. The second-order valence-corrected chi connectivity index (χ2v) is 5.42. The lowest BCUT2D eigenvalue weighted by Crippen LogP contribution is -2.43. The molecule has 0 aromatic carbocycles. The van der Waals surface area contributed by atoms with E-state index >= 15 is 0 Å². The van der Waals surface area contributed by atoms with E-state index in [-0.39, 0.29) is 0 Å². The summed E-state index contributed by atoms with van der Waals surface area (Å²) < 4.78 is 3.12. The van der Waals surface area contributed by atoms with E-state index < -0.39 is 0 Å². The standard InChI is InChI=1S/C11H11BrClN3/c12-8-1-2-9-11(13)15-10(16(9)6-8)3-7-4-14-5-7/h1-2,6-7,14H,3-5H2. The third kappa shape index (κ3) is 1.75. The normalized spacial score (nSPS) is 16.6. The van der Waals surface area contributed by atoms with Crippen molar-refractivity contribution in [2.24, 2.45) is 5.92 Å². The van der Waals surface area contributed by atoms with E-state index in [0.29, 0.717) is 11.1 Å². The Labute approximate surface area is 107 Å². The summed E-state index contributed by atoms with van der Waals surface area (Å²) in [4.78, 5) is 4.43. The first-order chi connectivity index (χ1) is 7.74. The molecule has 0 radical (unpaired) electrons. The van der Waals surface area contributed by atoms with Gasteiger partial charge in [-0.15, -0.1) is 0 Å². The molecule has 2 aromatic heterocycles. The average Bonchev–Trinajstić information content (AvgIpc) is 2.49. The molecule has 5 heteroatoms. The minimum Gasteiger partial charge on any atom is -0.316 e. The largest absolute Gasteiger partial charge is 0.316 e. The second-order valence-electron chi connectivity index (χ2n) is 4.15. The first-order valence-corrected chi connectivity index (χ1v) is 6.44. The number of hydrogen-bond acceptors (Lipinski definition) is 2. The van der Waals surface area contributed by atoms with Gasteiger partial charge in [-0.3, -0.25) is 0 Å². The maximum Gasteiger partial charge on any atom is 0.155 e. The Kier molecular flexibility index (Phi) is 2.65. The van der Waals surface area contributed by atoms with Gasteiger partial charge in [0.2, 0.25) is 0 Å².